The summed E-state index contributed by atoms with van der Waals surface area (Å²) in [4.78, 5) is 37.5. The molecular weight excluding hydrogens is 376 g/mol. The van der Waals surface area contributed by atoms with E-state index < -0.39 is 34.9 Å². The Morgan fingerprint density at radius 3 is 2.83 bits per heavy atom. The maximum Gasteiger partial charge on any atom is 0.334 e. The maximum absolute atomic E-state index is 13.2. The van der Waals surface area contributed by atoms with E-state index in [2.05, 4.69) is 6.08 Å². The van der Waals surface area contributed by atoms with Gasteiger partial charge in [0.2, 0.25) is 0 Å². The molecule has 0 unspecified atom stereocenters. The normalized spacial score (nSPS) is 40.1. The highest BCUT2D eigenvalue weighted by atomic mass is 16.6. The van der Waals surface area contributed by atoms with Crippen molar-refractivity contribution in [1.82, 2.24) is 0 Å². The van der Waals surface area contributed by atoms with E-state index in [0.717, 1.165) is 5.56 Å². The molecule has 3 fully saturated rings. The highest BCUT2D eigenvalue weighted by Crippen LogP contribution is 2.65. The van der Waals surface area contributed by atoms with Crippen molar-refractivity contribution < 1.29 is 33.0 Å². The molecule has 6 atom stereocenters. The molecule has 3 heterocycles. The van der Waals surface area contributed by atoms with Crippen molar-refractivity contribution in [3.8, 4) is 0 Å². The van der Waals surface area contributed by atoms with Gasteiger partial charge in [0.1, 0.15) is 18.8 Å². The number of hydrogen-bond acceptors (Lipinski definition) is 7. The van der Waals surface area contributed by atoms with Crippen molar-refractivity contribution in [2.75, 3.05) is 6.61 Å². The molecule has 29 heavy (non-hydrogen) atoms. The van der Waals surface area contributed by atoms with Crippen molar-refractivity contribution in [3.63, 3.8) is 0 Å². The van der Waals surface area contributed by atoms with Crippen LogP contribution in [0.25, 0.3) is 0 Å². The molecule has 0 bridgehead atoms. The van der Waals surface area contributed by atoms with E-state index >= 15 is 0 Å². The van der Waals surface area contributed by atoms with Gasteiger partial charge in [0.25, 0.3) is 0 Å². The lowest BCUT2D eigenvalue weighted by atomic mass is 9.46. The number of carbonyl (C=O) groups is 3. The molecule has 152 valence electrons. The smallest absolute Gasteiger partial charge is 0.334 e. The molecule has 2 aliphatic carbocycles. The van der Waals surface area contributed by atoms with Gasteiger partial charge in [-0.05, 0) is 30.2 Å². The van der Waals surface area contributed by atoms with Crippen LogP contribution in [0.2, 0.25) is 0 Å². The van der Waals surface area contributed by atoms with Crippen LogP contribution in [-0.4, -0.2) is 30.6 Å². The average molecular weight is 398 g/mol. The molecule has 0 radical (unpaired) electrons. The summed E-state index contributed by atoms with van der Waals surface area (Å²) < 4.78 is 22.0. The minimum atomic E-state index is -0.684. The lowest BCUT2D eigenvalue weighted by Crippen LogP contribution is -2.62. The molecule has 2 saturated heterocycles. The summed E-state index contributed by atoms with van der Waals surface area (Å²) in [5.74, 6) is -1.93. The molecule has 0 amide bonds. The summed E-state index contributed by atoms with van der Waals surface area (Å²) in [6.07, 6.45) is 8.58. The van der Waals surface area contributed by atoms with Crippen LogP contribution in [0.1, 0.15) is 38.4 Å². The molecule has 1 saturated carbocycles. The molecule has 0 N–H and O–H groups in total. The zero-order valence-electron chi connectivity index (χ0n) is 16.3. The van der Waals surface area contributed by atoms with Gasteiger partial charge in [-0.2, -0.15) is 0 Å². The van der Waals surface area contributed by atoms with Crippen LogP contribution in [0.15, 0.2) is 46.8 Å². The Hall–Kier alpha value is -2.83. The van der Waals surface area contributed by atoms with E-state index in [1.54, 1.807) is 24.7 Å². The van der Waals surface area contributed by atoms with Crippen molar-refractivity contribution >= 4 is 17.9 Å². The first kappa shape index (κ1) is 18.2. The van der Waals surface area contributed by atoms with E-state index in [9.17, 15) is 14.4 Å². The number of hydrogen-bond donors (Lipinski definition) is 0. The van der Waals surface area contributed by atoms with Gasteiger partial charge in [-0.1, -0.05) is 25.2 Å². The highest BCUT2D eigenvalue weighted by molar-refractivity contribution is 5.93. The predicted octanol–water partition coefficient (Wildman–Crippen LogP) is 2.88. The summed E-state index contributed by atoms with van der Waals surface area (Å²) in [6, 6.07) is 1.79. The Labute approximate surface area is 167 Å². The first-order valence-electron chi connectivity index (χ1n) is 9.81. The monoisotopic (exact) mass is 398 g/mol. The van der Waals surface area contributed by atoms with Crippen LogP contribution in [-0.2, 0) is 28.6 Å². The molecule has 7 nitrogen and oxygen atoms in total. The molecule has 1 aromatic heterocycles. The third kappa shape index (κ3) is 2.46. The van der Waals surface area contributed by atoms with E-state index in [0.29, 0.717) is 18.4 Å². The SMILES string of the molecule is CC(=O)O[C@@H]1C[C@@]23COC(=O)C2=CC=C[C@H]3[C@@]2(C)C[C@H](c3ccoc3)OC(=O)[C@@H]12. The lowest BCUT2D eigenvalue weighted by molar-refractivity contribution is -0.210. The Morgan fingerprint density at radius 2 is 2.10 bits per heavy atom. The molecule has 0 aromatic carbocycles. The second-order valence-corrected chi connectivity index (χ2v) is 8.70. The molecule has 7 heteroatoms. The molecular formula is C22H22O7. The Morgan fingerprint density at radius 1 is 1.28 bits per heavy atom. The number of cyclic esters (lactones) is 2. The summed E-state index contributed by atoms with van der Waals surface area (Å²) in [5.41, 5.74) is 0.173. The number of carbonyl (C=O) groups excluding carboxylic acids is 3. The van der Waals surface area contributed by atoms with Gasteiger partial charge in [0.15, 0.2) is 0 Å². The minimum absolute atomic E-state index is 0.125. The lowest BCUT2D eigenvalue weighted by Gasteiger charge is -2.58. The number of fused-ring (bicyclic) bond motifs is 2. The van der Waals surface area contributed by atoms with Crippen molar-refractivity contribution in [1.29, 1.82) is 0 Å². The van der Waals surface area contributed by atoms with Gasteiger partial charge in [-0.3, -0.25) is 9.59 Å². The molecule has 1 spiro atoms. The van der Waals surface area contributed by atoms with Crippen LogP contribution in [0.4, 0.5) is 0 Å². The van der Waals surface area contributed by atoms with Crippen LogP contribution in [0.3, 0.4) is 0 Å². The Kier molecular flexibility index (Phi) is 3.82. The zero-order chi connectivity index (χ0) is 20.4. The number of rotatable bonds is 2. The number of allylic oxidation sites excluding steroid dienone is 3. The predicted molar refractivity (Wildman–Crippen MR) is 98.0 cm³/mol. The van der Waals surface area contributed by atoms with Crippen LogP contribution in [0, 0.1) is 22.7 Å². The summed E-state index contributed by atoms with van der Waals surface area (Å²) >= 11 is 0. The number of furan rings is 1. The first-order chi connectivity index (χ1) is 13.8. The zero-order valence-corrected chi connectivity index (χ0v) is 16.3. The second kappa shape index (κ2) is 6.08. The molecule has 2 aliphatic heterocycles. The standard InChI is InChI=1S/C22H22O7/c1-12(23)28-16-9-22-11-27-19(24)14(22)4-3-5-17(22)21(2)8-15(13-6-7-26-10-13)29-20(25)18(16)21/h3-7,10,15-18H,8-9,11H2,1-2H3/t15-,16-,17+,18-,21-,22-/m1/s1. The van der Waals surface area contributed by atoms with E-state index in [-0.39, 0.29) is 24.5 Å². The first-order valence-corrected chi connectivity index (χ1v) is 9.81. The second-order valence-electron chi connectivity index (χ2n) is 8.70. The number of ether oxygens (including phenoxy) is 3. The van der Waals surface area contributed by atoms with Crippen LogP contribution in [0.5, 0.6) is 0 Å². The highest BCUT2D eigenvalue weighted by Gasteiger charge is 2.68. The number of esters is 3. The Balaban J connectivity index is 1.63. The van der Waals surface area contributed by atoms with Crippen molar-refractivity contribution in [2.24, 2.45) is 22.7 Å². The molecule has 1 aromatic rings. The minimum Gasteiger partial charge on any atom is -0.472 e. The third-order valence-corrected chi connectivity index (χ3v) is 7.11. The maximum atomic E-state index is 13.2. The topological polar surface area (TPSA) is 92.0 Å². The van der Waals surface area contributed by atoms with Gasteiger partial charge in [0.05, 0.1) is 18.4 Å². The van der Waals surface area contributed by atoms with Gasteiger partial charge in [0, 0.05) is 23.5 Å². The Bertz CT molecular complexity index is 942. The molecule has 4 aliphatic rings. The quantitative estimate of drug-likeness (QED) is 0.559. The van der Waals surface area contributed by atoms with E-state index in [4.69, 9.17) is 18.6 Å². The van der Waals surface area contributed by atoms with Crippen molar-refractivity contribution in [3.05, 3.63) is 48.0 Å². The van der Waals surface area contributed by atoms with Crippen LogP contribution >= 0.6 is 0 Å². The van der Waals surface area contributed by atoms with Crippen LogP contribution < -0.4 is 0 Å². The van der Waals surface area contributed by atoms with Gasteiger partial charge in [-0.15, -0.1) is 0 Å². The largest absolute Gasteiger partial charge is 0.472 e. The summed E-state index contributed by atoms with van der Waals surface area (Å²) in [5, 5.41) is 0. The van der Waals surface area contributed by atoms with Gasteiger partial charge < -0.3 is 18.6 Å². The fourth-order valence-corrected chi connectivity index (χ4v) is 6.03. The summed E-state index contributed by atoms with van der Waals surface area (Å²) in [6.45, 7) is 3.58. The average Bonchev–Trinajstić information content (AvgIpc) is 3.29. The van der Waals surface area contributed by atoms with Crippen molar-refractivity contribution in [2.45, 2.75) is 38.9 Å². The molecule has 5 rings (SSSR count). The van der Waals surface area contributed by atoms with Gasteiger partial charge in [-0.25, -0.2) is 4.79 Å². The fourth-order valence-electron chi connectivity index (χ4n) is 6.03. The van der Waals surface area contributed by atoms with E-state index in [1.165, 1.54) is 6.92 Å². The van der Waals surface area contributed by atoms with Gasteiger partial charge >= 0.3 is 17.9 Å². The van der Waals surface area contributed by atoms with E-state index in [1.807, 2.05) is 13.0 Å². The fraction of sp³-hybridized carbons (Fsp3) is 0.500. The summed E-state index contributed by atoms with van der Waals surface area (Å²) in [7, 11) is 0. The third-order valence-electron chi connectivity index (χ3n) is 7.11.